The molecule has 282 valence electrons. The molecule has 0 spiro atoms. The smallest absolute Gasteiger partial charge is 0.438 e. The maximum atomic E-state index is 14.1. The first-order valence-corrected chi connectivity index (χ1v) is 18.3. The van der Waals surface area contributed by atoms with Gasteiger partial charge in [-0.2, -0.15) is 0 Å². The number of nitrogens with zero attached hydrogens (tertiary/aromatic N) is 8. The molecular weight excluding hydrogens is 731 g/mol. The van der Waals surface area contributed by atoms with Gasteiger partial charge in [-0.3, -0.25) is 42.5 Å². The number of carbonyl (C=O) groups is 2. The van der Waals surface area contributed by atoms with E-state index in [2.05, 4.69) is 30.0 Å². The summed E-state index contributed by atoms with van der Waals surface area (Å²) in [6.45, 7) is 6.35. The van der Waals surface area contributed by atoms with Crippen LogP contribution < -0.4 is 22.5 Å². The molecule has 2 aliphatic rings. The van der Waals surface area contributed by atoms with E-state index in [4.69, 9.17) is 34.3 Å². The summed E-state index contributed by atoms with van der Waals surface area (Å²) in [5.74, 6) is 0.0151. The first-order chi connectivity index (χ1) is 24.5. The third-order valence-electron chi connectivity index (χ3n) is 7.92. The molecule has 2 fully saturated rings. The van der Waals surface area contributed by atoms with E-state index in [1.807, 2.05) is 0 Å². The molecule has 2 aromatic rings. The second-order valence-corrected chi connectivity index (χ2v) is 15.8. The van der Waals surface area contributed by atoms with Gasteiger partial charge in [0.25, 0.3) is 11.1 Å². The van der Waals surface area contributed by atoms with Gasteiger partial charge in [-0.15, -0.1) is 0 Å². The number of nitrogens with one attached hydrogen (secondary N) is 2. The molecule has 4 rings (SSSR count). The number of azide groups is 2. The van der Waals surface area contributed by atoms with Crippen LogP contribution in [-0.4, -0.2) is 79.8 Å². The highest BCUT2D eigenvalue weighted by Gasteiger charge is 2.45. The van der Waals surface area contributed by atoms with Crippen molar-refractivity contribution in [2.45, 2.75) is 84.2 Å². The minimum absolute atomic E-state index is 0.0151. The highest BCUT2D eigenvalue weighted by atomic mass is 32.2. The lowest BCUT2D eigenvalue weighted by atomic mass is 10.00. The molecule has 4 heterocycles. The zero-order valence-electron chi connectivity index (χ0n) is 28.7. The second kappa shape index (κ2) is 16.9. The number of hydrogen-bond donors (Lipinski definition) is 2. The van der Waals surface area contributed by atoms with Crippen molar-refractivity contribution < 1.29 is 37.4 Å². The van der Waals surface area contributed by atoms with E-state index in [9.17, 15) is 33.3 Å². The maximum Gasteiger partial charge on any atom is 0.438 e. The standard InChI is InChI=1S/C28H37N10O12PS/c1-14-10-37(25(42)31-22(14)39)20-8-16(33-35-29)18(49-20)12-47-51(45,27(44)46-6-7-52-24(41)28(3,4)5)48-13-19-17(34-36-30)9-21(50-19)38-11-15(2)23(40)32-26(38)43/h10-11,16-21H,6-9,12-13H2,1-5H3,(H,31,39,42)(H,32,40,43)/t16-,17?,18+,19?,20+,21?,51?/m0/s1. The van der Waals surface area contributed by atoms with Gasteiger partial charge in [-0.05, 0) is 24.9 Å². The molecule has 4 unspecified atom stereocenters. The fraction of sp³-hybridized carbons (Fsp3) is 0.643. The van der Waals surface area contributed by atoms with Gasteiger partial charge in [0.1, 0.15) is 19.1 Å². The summed E-state index contributed by atoms with van der Waals surface area (Å²) >= 11 is 0.897. The molecule has 7 atom stereocenters. The topological polar surface area (TPSA) is 305 Å². The van der Waals surface area contributed by atoms with Crippen molar-refractivity contribution in [3.05, 3.63) is 86.1 Å². The predicted octanol–water partition coefficient (Wildman–Crippen LogP) is 3.31. The first-order valence-electron chi connectivity index (χ1n) is 15.7. The van der Waals surface area contributed by atoms with Crippen LogP contribution in [0.4, 0.5) is 4.79 Å². The van der Waals surface area contributed by atoms with Crippen molar-refractivity contribution >= 4 is 30.2 Å². The summed E-state index contributed by atoms with van der Waals surface area (Å²) in [6, 6.07) is -1.99. The Kier molecular flexibility index (Phi) is 13.1. The van der Waals surface area contributed by atoms with Gasteiger partial charge in [0.2, 0.25) is 0 Å². The van der Waals surface area contributed by atoms with E-state index < -0.39 is 91.2 Å². The lowest BCUT2D eigenvalue weighted by Crippen LogP contribution is -2.33. The van der Waals surface area contributed by atoms with Crippen molar-refractivity contribution in [1.82, 2.24) is 19.1 Å². The monoisotopic (exact) mass is 768 g/mol. The van der Waals surface area contributed by atoms with Crippen LogP contribution in [0, 0.1) is 19.3 Å². The Morgan fingerprint density at radius 2 is 1.35 bits per heavy atom. The van der Waals surface area contributed by atoms with Crippen LogP contribution in [0.3, 0.4) is 0 Å². The SMILES string of the molecule is Cc1cn(C2CC(N=[N+]=[N-])C(COP(=O)(OC[C@H]3O[C@@H](n4cc(C)c(=O)[nH]c4=O)C[C@@H]3N=[N+]=[N-])C(=O)OCCSC(=O)C(C)(C)C)O2)c(=O)[nH]c1=O. The van der Waals surface area contributed by atoms with E-state index in [1.165, 1.54) is 26.2 Å². The molecule has 0 aliphatic carbocycles. The Bertz CT molecular complexity index is 1940. The van der Waals surface area contributed by atoms with Crippen molar-refractivity contribution in [1.29, 1.82) is 0 Å². The van der Waals surface area contributed by atoms with Crippen molar-refractivity contribution in [3.8, 4) is 0 Å². The van der Waals surface area contributed by atoms with Gasteiger partial charge in [-0.1, -0.05) is 42.8 Å². The largest absolute Gasteiger partial charge is 0.456 e. The number of rotatable bonds is 14. The third kappa shape index (κ3) is 9.69. The molecule has 2 aromatic heterocycles. The van der Waals surface area contributed by atoms with Crippen LogP contribution in [0.2, 0.25) is 0 Å². The van der Waals surface area contributed by atoms with Gasteiger partial charge in [0.15, 0.2) is 5.12 Å². The van der Waals surface area contributed by atoms with E-state index in [0.29, 0.717) is 0 Å². The summed E-state index contributed by atoms with van der Waals surface area (Å²) < 4.78 is 44.3. The molecule has 0 radical (unpaired) electrons. The minimum atomic E-state index is -4.95. The number of thioether (sulfide) groups is 1. The average molecular weight is 769 g/mol. The van der Waals surface area contributed by atoms with Gasteiger partial charge in [0.05, 0.1) is 37.5 Å². The normalized spacial score (nSPS) is 24.0. The van der Waals surface area contributed by atoms with Gasteiger partial charge < -0.3 is 14.2 Å². The number of carbonyl (C=O) groups excluding carboxylic acids is 2. The molecule has 24 heteroatoms. The predicted molar refractivity (Wildman–Crippen MR) is 183 cm³/mol. The summed E-state index contributed by atoms with van der Waals surface area (Å²) in [5, 5.41) is 7.18. The highest BCUT2D eigenvalue weighted by molar-refractivity contribution is 8.13. The van der Waals surface area contributed by atoms with E-state index in [1.54, 1.807) is 20.8 Å². The zero-order chi connectivity index (χ0) is 38.4. The lowest BCUT2D eigenvalue weighted by Gasteiger charge is -2.23. The summed E-state index contributed by atoms with van der Waals surface area (Å²) in [5.41, 5.74) is 13.8. The number of aryl methyl sites for hydroxylation is 2. The van der Waals surface area contributed by atoms with Crippen molar-refractivity contribution in [2.75, 3.05) is 25.6 Å². The average Bonchev–Trinajstić information content (AvgIpc) is 3.67. The Labute approximate surface area is 297 Å². The number of hydrogen-bond acceptors (Lipinski definition) is 15. The molecule has 0 amide bonds. The van der Waals surface area contributed by atoms with Gasteiger partial charge >= 0.3 is 24.7 Å². The van der Waals surface area contributed by atoms with Crippen molar-refractivity contribution in [3.63, 3.8) is 0 Å². The van der Waals surface area contributed by atoms with Crippen molar-refractivity contribution in [2.24, 2.45) is 15.6 Å². The number of aromatic nitrogens is 4. The van der Waals surface area contributed by atoms with Crippen LogP contribution in [-0.2, 0) is 32.6 Å². The van der Waals surface area contributed by atoms with Crippen LogP contribution in [0.25, 0.3) is 20.9 Å². The molecule has 2 aliphatic heterocycles. The summed E-state index contributed by atoms with van der Waals surface area (Å²) in [6.07, 6.45) is -2.07. The Morgan fingerprint density at radius 3 is 1.75 bits per heavy atom. The van der Waals surface area contributed by atoms with Crippen LogP contribution in [0.15, 0.2) is 41.8 Å². The number of ether oxygens (including phenoxy) is 3. The second-order valence-electron chi connectivity index (χ2n) is 12.8. The van der Waals surface area contributed by atoms with E-state index in [-0.39, 0.29) is 41.4 Å². The third-order valence-corrected chi connectivity index (χ3v) is 10.7. The molecule has 0 bridgehead atoms. The fourth-order valence-electron chi connectivity index (χ4n) is 5.09. The van der Waals surface area contributed by atoms with E-state index in [0.717, 1.165) is 20.9 Å². The Balaban J connectivity index is 1.54. The highest BCUT2D eigenvalue weighted by Crippen LogP contribution is 2.52. The fourth-order valence-corrected chi connectivity index (χ4v) is 7.10. The van der Waals surface area contributed by atoms with Gasteiger partial charge in [0, 0.05) is 57.4 Å². The van der Waals surface area contributed by atoms with Crippen LogP contribution in [0.5, 0.6) is 0 Å². The van der Waals surface area contributed by atoms with E-state index >= 15 is 0 Å². The quantitative estimate of drug-likeness (QED) is 0.0917. The molecule has 0 aromatic carbocycles. The zero-order valence-corrected chi connectivity index (χ0v) is 30.4. The first kappa shape index (κ1) is 40.3. The Hall–Kier alpha value is -4.46. The minimum Gasteiger partial charge on any atom is -0.456 e. The lowest BCUT2D eigenvalue weighted by molar-refractivity contribution is -0.117. The number of H-pyrrole nitrogens is 2. The van der Waals surface area contributed by atoms with Gasteiger partial charge in [-0.25, -0.2) is 18.9 Å². The maximum absolute atomic E-state index is 14.1. The molecule has 0 saturated carbocycles. The van der Waals surface area contributed by atoms with Crippen LogP contribution >= 0.6 is 19.4 Å². The summed E-state index contributed by atoms with van der Waals surface area (Å²) in [4.78, 5) is 84.2. The molecular formula is C28H37N10O12PS. The molecule has 2 saturated heterocycles. The Morgan fingerprint density at radius 1 is 0.904 bits per heavy atom. The number of aromatic amines is 2. The molecule has 2 N–H and O–H groups in total. The molecule has 52 heavy (non-hydrogen) atoms. The summed E-state index contributed by atoms with van der Waals surface area (Å²) in [7, 11) is -4.95. The molecule has 22 nitrogen and oxygen atoms in total. The van der Waals surface area contributed by atoms with Crippen LogP contribution in [0.1, 0.15) is 57.2 Å².